The zero-order chi connectivity index (χ0) is 35.8. The van der Waals surface area contributed by atoms with E-state index in [1.807, 2.05) is 72.8 Å². The molecule has 1 heterocycles. The maximum Gasteiger partial charge on any atom is 0.435 e. The molecule has 4 aromatic carbocycles. The first-order valence-electron chi connectivity index (χ1n) is 16.8. The molecule has 5 rings (SSSR count). The van der Waals surface area contributed by atoms with Gasteiger partial charge in [0.2, 0.25) is 0 Å². The highest BCUT2D eigenvalue weighted by Gasteiger charge is 2.20. The molecule has 4 N–H and O–H groups in total. The van der Waals surface area contributed by atoms with Crippen LogP contribution >= 0.6 is 0 Å². The molecule has 11 nitrogen and oxygen atoms in total. The minimum Gasteiger partial charge on any atom is -0.493 e. The predicted octanol–water partition coefficient (Wildman–Crippen LogP) is 6.68. The molecule has 2 amide bonds. The van der Waals surface area contributed by atoms with E-state index in [9.17, 15) is 14.0 Å². The zero-order valence-electron chi connectivity index (χ0n) is 28.3. The number of amides is 2. The van der Waals surface area contributed by atoms with E-state index in [1.165, 1.54) is 12.1 Å². The van der Waals surface area contributed by atoms with Crippen molar-refractivity contribution >= 4 is 23.9 Å². The summed E-state index contributed by atoms with van der Waals surface area (Å²) in [4.78, 5) is 30.3. The average molecular weight is 696 g/mol. The van der Waals surface area contributed by atoms with Crippen LogP contribution in [0.2, 0.25) is 0 Å². The van der Waals surface area contributed by atoms with Crippen LogP contribution in [0.1, 0.15) is 41.5 Å². The van der Waals surface area contributed by atoms with E-state index in [-0.39, 0.29) is 24.6 Å². The van der Waals surface area contributed by atoms with Gasteiger partial charge in [-0.15, -0.1) is 0 Å². The van der Waals surface area contributed by atoms with Crippen molar-refractivity contribution in [2.75, 3.05) is 32.8 Å². The second kappa shape index (κ2) is 18.9. The lowest BCUT2D eigenvalue weighted by atomic mass is 9.98. The number of hydrogen-bond donors (Lipinski definition) is 3. The van der Waals surface area contributed by atoms with Gasteiger partial charge in [0.25, 0.3) is 0 Å². The van der Waals surface area contributed by atoms with Crippen LogP contribution in [0.3, 0.4) is 0 Å². The molecule has 0 atom stereocenters. The van der Waals surface area contributed by atoms with E-state index in [4.69, 9.17) is 30.1 Å². The number of likely N-dealkylation sites (tertiary alicyclic amines) is 1. The molecule has 266 valence electrons. The molecule has 0 saturated carbocycles. The Bertz CT molecular complexity index is 1760. The lowest BCUT2D eigenvalue weighted by molar-refractivity contribution is 0.135. The summed E-state index contributed by atoms with van der Waals surface area (Å²) in [7, 11) is 0. The van der Waals surface area contributed by atoms with Crippen molar-refractivity contribution in [1.82, 2.24) is 10.2 Å². The third-order valence-corrected chi connectivity index (χ3v) is 8.30. The number of ether oxygens (including phenoxy) is 4. The number of carbonyl (C=O) groups excluding carboxylic acids is 2. The minimum absolute atomic E-state index is 0.0459. The standard InChI is InChI=1S/C39H42FN5O6/c40-35-24-33(16-17-34(35)37(42)44-39(47)51-27-29-10-5-2-6-11-29)48-23-7-20-45-21-18-30(19-22-45)25-49-32-14-12-31(13-15-32)36(41)43-38(46)50-26-28-8-3-1-4-9-28/h1-6,8-17,24,30H,7,18-23,25-27H2,(H2,41,43,46)(H2,42,44,47). The number of rotatable bonds is 14. The Balaban J connectivity index is 0.941. The number of alkyl carbamates (subject to hydrolysis) is 1. The summed E-state index contributed by atoms with van der Waals surface area (Å²) in [6, 6.07) is 29.8. The predicted molar refractivity (Wildman–Crippen MR) is 192 cm³/mol. The summed E-state index contributed by atoms with van der Waals surface area (Å²) in [6.45, 7) is 3.96. The zero-order valence-corrected chi connectivity index (χ0v) is 28.3. The fourth-order valence-corrected chi connectivity index (χ4v) is 5.42. The molecule has 1 aliphatic rings. The third-order valence-electron chi connectivity index (χ3n) is 8.30. The number of aliphatic imine (C=N–C) groups is 1. The fourth-order valence-electron chi connectivity index (χ4n) is 5.42. The normalized spacial score (nSPS) is 13.6. The lowest BCUT2D eigenvalue weighted by Gasteiger charge is -2.31. The number of halogens is 1. The van der Waals surface area contributed by atoms with E-state index in [2.05, 4.69) is 15.2 Å². The number of amidine groups is 2. The van der Waals surface area contributed by atoms with Gasteiger partial charge >= 0.3 is 12.2 Å². The largest absolute Gasteiger partial charge is 0.493 e. The minimum atomic E-state index is -0.833. The summed E-state index contributed by atoms with van der Waals surface area (Å²) in [5.41, 5.74) is 8.22. The van der Waals surface area contributed by atoms with Gasteiger partial charge in [0.05, 0.1) is 18.8 Å². The van der Waals surface area contributed by atoms with Gasteiger partial charge in [0, 0.05) is 18.2 Å². The number of carbonyl (C=O) groups is 2. The Hall–Kier alpha value is -5.75. The Labute approximate surface area is 296 Å². The van der Waals surface area contributed by atoms with Crippen molar-refractivity contribution in [3.63, 3.8) is 0 Å². The maximum absolute atomic E-state index is 14.7. The fraction of sp³-hybridized carbons (Fsp3) is 0.282. The Morgan fingerprint density at radius 2 is 1.47 bits per heavy atom. The first kappa shape index (κ1) is 36.5. The maximum atomic E-state index is 14.7. The van der Waals surface area contributed by atoms with Gasteiger partial charge in [-0.3, -0.25) is 10.7 Å². The van der Waals surface area contributed by atoms with Gasteiger partial charge in [-0.25, -0.2) is 14.0 Å². The van der Waals surface area contributed by atoms with Crippen LogP contribution in [0.25, 0.3) is 0 Å². The molecule has 1 aliphatic heterocycles. The van der Waals surface area contributed by atoms with Gasteiger partial charge in [0.15, 0.2) is 0 Å². The van der Waals surface area contributed by atoms with E-state index in [1.54, 1.807) is 18.2 Å². The number of hydrogen-bond acceptors (Lipinski definition) is 8. The van der Waals surface area contributed by atoms with Crippen LogP contribution in [0.4, 0.5) is 14.0 Å². The smallest absolute Gasteiger partial charge is 0.435 e. The second-order valence-corrected chi connectivity index (χ2v) is 12.1. The highest BCUT2D eigenvalue weighted by Crippen LogP contribution is 2.21. The summed E-state index contributed by atoms with van der Waals surface area (Å²) >= 11 is 0. The molecule has 0 unspecified atom stereocenters. The Kier molecular flexibility index (Phi) is 13.5. The van der Waals surface area contributed by atoms with Gasteiger partial charge in [-0.2, -0.15) is 4.99 Å². The topological polar surface area (TPSA) is 149 Å². The van der Waals surface area contributed by atoms with Crippen LogP contribution in [0.5, 0.6) is 11.5 Å². The first-order valence-corrected chi connectivity index (χ1v) is 16.8. The molecule has 0 bridgehead atoms. The molecule has 0 spiro atoms. The van der Waals surface area contributed by atoms with Crippen molar-refractivity contribution in [2.24, 2.45) is 16.6 Å². The van der Waals surface area contributed by atoms with Crippen LogP contribution < -0.4 is 20.5 Å². The van der Waals surface area contributed by atoms with E-state index < -0.39 is 23.8 Å². The highest BCUT2D eigenvalue weighted by molar-refractivity contribution is 6.04. The van der Waals surface area contributed by atoms with E-state index >= 15 is 0 Å². The van der Waals surface area contributed by atoms with Crippen molar-refractivity contribution in [3.8, 4) is 11.5 Å². The number of benzene rings is 4. The van der Waals surface area contributed by atoms with Crippen LogP contribution in [-0.2, 0) is 22.7 Å². The molecule has 51 heavy (non-hydrogen) atoms. The Morgan fingerprint density at radius 3 is 2.12 bits per heavy atom. The molecule has 1 fully saturated rings. The van der Waals surface area contributed by atoms with Crippen molar-refractivity contribution < 1.29 is 32.9 Å². The van der Waals surface area contributed by atoms with Gasteiger partial charge in [0.1, 0.15) is 42.2 Å². The average Bonchev–Trinajstić information content (AvgIpc) is 3.15. The number of nitrogens with zero attached hydrogens (tertiary/aromatic N) is 2. The first-order chi connectivity index (χ1) is 24.8. The molecule has 12 heteroatoms. The SMILES string of the molecule is N=C(NC(=O)OCc1ccccc1)c1ccc(OCCCN2CCC(COc3ccc(C(N)=NC(=O)OCc4ccccc4)cc3)CC2)cc1F. The van der Waals surface area contributed by atoms with Gasteiger partial charge < -0.3 is 29.6 Å². The Morgan fingerprint density at radius 1 is 0.843 bits per heavy atom. The molecule has 1 saturated heterocycles. The van der Waals surface area contributed by atoms with Crippen LogP contribution in [0, 0.1) is 17.1 Å². The molecule has 0 radical (unpaired) electrons. The summed E-state index contributed by atoms with van der Waals surface area (Å²) in [5, 5.41) is 10.3. The molecular formula is C39H42FN5O6. The number of nitrogens with two attached hydrogens (primary N) is 1. The number of nitrogens with one attached hydrogen (secondary N) is 2. The third kappa shape index (κ3) is 12.0. The quantitative estimate of drug-likeness (QED) is 0.0752. The summed E-state index contributed by atoms with van der Waals surface area (Å²) in [5.74, 6) is 0.522. The molecule has 4 aromatic rings. The summed E-state index contributed by atoms with van der Waals surface area (Å²) in [6.07, 6.45) is 1.22. The molecular weight excluding hydrogens is 653 g/mol. The van der Waals surface area contributed by atoms with Crippen molar-refractivity contribution in [2.45, 2.75) is 32.5 Å². The van der Waals surface area contributed by atoms with Gasteiger partial charge in [-0.1, -0.05) is 60.7 Å². The summed E-state index contributed by atoms with van der Waals surface area (Å²) < 4.78 is 36.8. The van der Waals surface area contributed by atoms with E-state index in [0.29, 0.717) is 30.4 Å². The highest BCUT2D eigenvalue weighted by atomic mass is 19.1. The lowest BCUT2D eigenvalue weighted by Crippen LogP contribution is -2.36. The molecule has 0 aliphatic carbocycles. The van der Waals surface area contributed by atoms with Crippen LogP contribution in [0.15, 0.2) is 108 Å². The van der Waals surface area contributed by atoms with E-state index in [0.717, 1.165) is 55.8 Å². The van der Waals surface area contributed by atoms with Gasteiger partial charge in [-0.05, 0) is 85.8 Å². The second-order valence-electron chi connectivity index (χ2n) is 12.1. The molecule has 0 aromatic heterocycles. The monoisotopic (exact) mass is 695 g/mol. The number of piperidine rings is 1. The van der Waals surface area contributed by atoms with Crippen molar-refractivity contribution in [3.05, 3.63) is 131 Å². The van der Waals surface area contributed by atoms with Crippen molar-refractivity contribution in [1.29, 1.82) is 5.41 Å². The van der Waals surface area contributed by atoms with Crippen LogP contribution in [-0.4, -0.2) is 61.6 Å².